The first-order chi connectivity index (χ1) is 20.7. The summed E-state index contributed by atoms with van der Waals surface area (Å²) in [6, 6.07) is 0. The van der Waals surface area contributed by atoms with E-state index < -0.39 is 28.3 Å². The third-order valence-corrected chi connectivity index (χ3v) is 10.9. The zero-order chi connectivity index (χ0) is 32.0. The highest BCUT2D eigenvalue weighted by atomic mass is 16.6. The smallest absolute Gasteiger partial charge is 0.200 e. The van der Waals surface area contributed by atoms with Crippen LogP contribution in [0.2, 0.25) is 0 Å². The summed E-state index contributed by atoms with van der Waals surface area (Å²) in [7, 11) is 0. The molecule has 6 aliphatic rings. The van der Waals surface area contributed by atoms with Gasteiger partial charge in [0.25, 0.3) is 0 Å². The number of aliphatic hydroxyl groups is 2. The Hall–Kier alpha value is -3.13. The van der Waals surface area contributed by atoms with Gasteiger partial charge in [-0.25, -0.2) is 0 Å². The molecule has 236 valence electrons. The number of aliphatic hydroxyl groups excluding tert-OH is 1. The second-order valence-corrected chi connectivity index (χ2v) is 14.5. The molecule has 0 aromatic heterocycles. The topological polar surface area (TPSA) is 116 Å². The van der Waals surface area contributed by atoms with Crippen molar-refractivity contribution in [2.75, 3.05) is 6.61 Å². The van der Waals surface area contributed by atoms with Gasteiger partial charge in [0, 0.05) is 35.0 Å². The van der Waals surface area contributed by atoms with Crippen molar-refractivity contribution in [3.05, 3.63) is 74.9 Å². The van der Waals surface area contributed by atoms with Crippen molar-refractivity contribution in [2.24, 2.45) is 11.8 Å². The number of carbonyl (C=O) groups excluding carboxylic acids is 1. The number of ketones is 1. The molecule has 0 radical (unpaired) electrons. The second-order valence-electron chi connectivity index (χ2n) is 14.5. The monoisotopic (exact) mass is 602 g/mol. The van der Waals surface area contributed by atoms with Crippen LogP contribution in [-0.4, -0.2) is 55.2 Å². The summed E-state index contributed by atoms with van der Waals surface area (Å²) in [4.78, 5) is 14.7. The highest BCUT2D eigenvalue weighted by molar-refractivity contribution is 6.16. The molecule has 0 amide bonds. The van der Waals surface area contributed by atoms with Gasteiger partial charge in [-0.2, -0.15) is 0 Å². The largest absolute Gasteiger partial charge is 0.507 e. The van der Waals surface area contributed by atoms with Gasteiger partial charge >= 0.3 is 0 Å². The number of hydrogen-bond donors (Lipinski definition) is 4. The van der Waals surface area contributed by atoms with Gasteiger partial charge in [-0.05, 0) is 86.1 Å². The van der Waals surface area contributed by atoms with Crippen molar-refractivity contribution in [3.63, 3.8) is 0 Å². The maximum Gasteiger partial charge on any atom is 0.200 e. The third kappa shape index (κ3) is 3.88. The first-order valence-electron chi connectivity index (χ1n) is 15.9. The number of fused-ring (bicyclic) bond motifs is 1. The number of Topliss-reactive ketones (excluding diaryl/α,β-unsaturated/α-hetero) is 1. The molecule has 44 heavy (non-hydrogen) atoms. The van der Waals surface area contributed by atoms with Crippen LogP contribution in [0.3, 0.4) is 0 Å². The fraction of sp³-hybridized carbons (Fsp3) is 0.541. The van der Waals surface area contributed by atoms with Gasteiger partial charge in [0.15, 0.2) is 11.4 Å². The minimum absolute atomic E-state index is 0.0560. The molecule has 2 aliphatic heterocycles. The number of aromatic hydroxyl groups is 2. The van der Waals surface area contributed by atoms with E-state index in [-0.39, 0.29) is 54.0 Å². The Morgan fingerprint density at radius 1 is 1.00 bits per heavy atom. The van der Waals surface area contributed by atoms with Crippen LogP contribution in [0.15, 0.2) is 58.2 Å². The lowest BCUT2D eigenvalue weighted by molar-refractivity contribution is -0.236. The van der Waals surface area contributed by atoms with Crippen molar-refractivity contribution in [3.8, 4) is 17.2 Å². The van der Waals surface area contributed by atoms with E-state index in [1.165, 1.54) is 5.57 Å². The van der Waals surface area contributed by atoms with Crippen molar-refractivity contribution in [1.82, 2.24) is 0 Å². The van der Waals surface area contributed by atoms with Crippen LogP contribution in [0.25, 0.3) is 0 Å². The molecule has 5 atom stereocenters. The van der Waals surface area contributed by atoms with Crippen LogP contribution >= 0.6 is 0 Å². The lowest BCUT2D eigenvalue weighted by Crippen LogP contribution is -2.77. The van der Waals surface area contributed by atoms with E-state index in [4.69, 9.17) is 9.47 Å². The average Bonchev–Trinajstić information content (AvgIpc) is 3.33. The van der Waals surface area contributed by atoms with Gasteiger partial charge in [-0.1, -0.05) is 47.1 Å². The number of ether oxygens (including phenoxy) is 2. The fourth-order valence-electron chi connectivity index (χ4n) is 8.81. The lowest BCUT2D eigenvalue weighted by Gasteiger charge is -2.62. The molecule has 7 nitrogen and oxygen atoms in total. The predicted molar refractivity (Wildman–Crippen MR) is 169 cm³/mol. The van der Waals surface area contributed by atoms with Gasteiger partial charge in [0.05, 0.1) is 12.2 Å². The van der Waals surface area contributed by atoms with Crippen LogP contribution in [0.1, 0.15) is 95.6 Å². The number of phenols is 2. The van der Waals surface area contributed by atoms with Crippen molar-refractivity contribution < 1.29 is 34.7 Å². The van der Waals surface area contributed by atoms with Gasteiger partial charge in [-0.15, -0.1) is 0 Å². The maximum atomic E-state index is 14.7. The third-order valence-electron chi connectivity index (χ3n) is 10.9. The number of allylic oxidation sites excluding steroid dienone is 6. The molecule has 4 N–H and O–H groups in total. The van der Waals surface area contributed by atoms with E-state index in [9.17, 15) is 25.2 Å². The maximum absolute atomic E-state index is 14.7. The van der Waals surface area contributed by atoms with Crippen molar-refractivity contribution in [2.45, 2.75) is 109 Å². The summed E-state index contributed by atoms with van der Waals surface area (Å²) >= 11 is 0. The molecule has 4 bridgehead atoms. The molecule has 2 heterocycles. The van der Waals surface area contributed by atoms with E-state index in [0.717, 1.165) is 24.0 Å². The first kappa shape index (κ1) is 30.9. The molecular weight excluding hydrogens is 556 g/mol. The van der Waals surface area contributed by atoms with Gasteiger partial charge in [-0.3, -0.25) is 4.79 Å². The Balaban J connectivity index is 1.53. The quantitative estimate of drug-likeness (QED) is 0.257. The van der Waals surface area contributed by atoms with E-state index in [1.807, 2.05) is 52.8 Å². The summed E-state index contributed by atoms with van der Waals surface area (Å²) < 4.78 is 13.9. The number of rotatable bonds is 8. The second kappa shape index (κ2) is 10.2. The zero-order valence-electron chi connectivity index (χ0n) is 27.0. The highest BCUT2D eigenvalue weighted by Gasteiger charge is 2.86. The molecular formula is C37H46O7. The van der Waals surface area contributed by atoms with Crippen molar-refractivity contribution in [1.29, 1.82) is 0 Å². The van der Waals surface area contributed by atoms with Gasteiger partial charge < -0.3 is 29.9 Å². The number of hydrogen-bond acceptors (Lipinski definition) is 7. The van der Waals surface area contributed by atoms with E-state index in [1.54, 1.807) is 6.08 Å². The van der Waals surface area contributed by atoms with E-state index >= 15 is 0 Å². The van der Waals surface area contributed by atoms with Crippen molar-refractivity contribution >= 4 is 5.78 Å². The Kier molecular flexibility index (Phi) is 7.15. The molecule has 1 aromatic carbocycles. The molecule has 7 heteroatoms. The highest BCUT2D eigenvalue weighted by Crippen LogP contribution is 2.74. The Morgan fingerprint density at radius 2 is 1.68 bits per heavy atom. The van der Waals surface area contributed by atoms with Crippen LogP contribution in [0.5, 0.6) is 17.2 Å². The predicted octanol–water partition coefficient (Wildman–Crippen LogP) is 6.33. The SMILES string of the molecule is CC(C)=CCCC(C)=CCc1c(O)c(CC=C(C)C)c2c(c1O)C(=O)C1=CC3CC4C(C)(C)OC5(CC=C(CO)C35O)C14O2. The number of phenolic OH excluding ortho intramolecular Hbond substituents is 2. The molecule has 7 rings (SSSR count). The van der Waals surface area contributed by atoms with E-state index in [2.05, 4.69) is 19.9 Å². The minimum atomic E-state index is -1.55. The molecule has 2 spiro atoms. The summed E-state index contributed by atoms with van der Waals surface area (Å²) in [5.41, 5.74) is 0.0796. The normalized spacial score (nSPS) is 32.3. The summed E-state index contributed by atoms with van der Waals surface area (Å²) in [6.07, 6.45) is 12.9. The van der Waals surface area contributed by atoms with Crippen LogP contribution in [-0.2, 0) is 17.6 Å². The molecule has 5 unspecified atom stereocenters. The standard InChI is InChI=1S/C37H46O7/c1-20(2)9-8-10-22(5)12-14-25-30(39)26(13-11-21(3)4)33-29(31(25)40)32(41)27-17-24-18-28-34(6,7)44-35(37(27,28)43-33)16-15-23(19-38)36(24,35)42/h9,11-12,15,17,24,28,38-40,42H,8,10,13-14,16,18-19H2,1-7H3. The molecule has 1 saturated carbocycles. The Bertz CT molecular complexity index is 1600. The molecule has 1 aromatic rings. The Labute approximate surface area is 260 Å². The minimum Gasteiger partial charge on any atom is -0.507 e. The first-order valence-corrected chi connectivity index (χ1v) is 15.9. The lowest BCUT2D eigenvalue weighted by atomic mass is 9.46. The van der Waals surface area contributed by atoms with Gasteiger partial charge in [0.1, 0.15) is 34.0 Å². The summed E-state index contributed by atoms with van der Waals surface area (Å²) in [6.45, 7) is 13.7. The summed E-state index contributed by atoms with van der Waals surface area (Å²) in [5, 5.41) is 46.2. The molecule has 1 saturated heterocycles. The molecule has 2 fully saturated rings. The Morgan fingerprint density at radius 3 is 2.34 bits per heavy atom. The van der Waals surface area contributed by atoms with E-state index in [0.29, 0.717) is 35.1 Å². The van der Waals surface area contributed by atoms with Crippen LogP contribution in [0.4, 0.5) is 0 Å². The average molecular weight is 603 g/mol. The van der Waals surface area contributed by atoms with Gasteiger partial charge in [0.2, 0.25) is 0 Å². The summed E-state index contributed by atoms with van der Waals surface area (Å²) in [5.74, 6) is -1.31. The zero-order valence-corrected chi connectivity index (χ0v) is 27.0. The fourth-order valence-corrected chi connectivity index (χ4v) is 8.81. The molecule has 4 aliphatic carbocycles. The number of benzene rings is 1. The van der Waals surface area contributed by atoms with Crippen LogP contribution in [0, 0.1) is 11.8 Å². The number of carbonyl (C=O) groups is 1. The van der Waals surface area contributed by atoms with Crippen LogP contribution < -0.4 is 4.74 Å².